The van der Waals surface area contributed by atoms with Crippen LogP contribution in [0.15, 0.2) is 89.0 Å². The third kappa shape index (κ3) is 5.02. The number of amidine groups is 1. The number of amides is 2. The summed E-state index contributed by atoms with van der Waals surface area (Å²) in [5.41, 5.74) is 3.86. The number of nitrogens with zero attached hydrogens (tertiary/aromatic N) is 3. The average molecular weight is 487 g/mol. The molecule has 2 heterocycles. The second kappa shape index (κ2) is 9.84. The fourth-order valence-corrected chi connectivity index (χ4v) is 5.14. The van der Waals surface area contributed by atoms with Crippen LogP contribution in [-0.2, 0) is 9.59 Å². The van der Waals surface area contributed by atoms with E-state index < -0.39 is 11.1 Å². The first-order valence-corrected chi connectivity index (χ1v) is 12.2. The van der Waals surface area contributed by atoms with Crippen molar-refractivity contribution in [3.05, 3.63) is 101 Å². The van der Waals surface area contributed by atoms with E-state index in [-0.39, 0.29) is 24.3 Å². The van der Waals surface area contributed by atoms with Crippen LogP contribution in [-0.4, -0.2) is 33.0 Å². The number of halogens is 1. The molecule has 0 aliphatic carbocycles. The van der Waals surface area contributed by atoms with Gasteiger partial charge in [-0.3, -0.25) is 9.59 Å². The lowest BCUT2D eigenvalue weighted by atomic mass is 9.99. The van der Waals surface area contributed by atoms with Gasteiger partial charge < -0.3 is 5.32 Å². The Bertz CT molecular complexity index is 1330. The molecule has 0 fully saturated rings. The molecule has 35 heavy (non-hydrogen) atoms. The Labute approximate surface area is 207 Å². The zero-order chi connectivity index (χ0) is 24.4. The molecule has 0 bridgehead atoms. The van der Waals surface area contributed by atoms with Crippen LogP contribution in [0.5, 0.6) is 0 Å². The standard InChI is InChI=1S/C27H23FN4O2S/c1-17-12-13-20(14-21(17)28)29-25(33)16-24-26(34)30-27(35-24)32-23(19-10-6-3-7-11-19)15-22(31-32)18-8-4-2-5-9-18/h2-14,23-24H,15-16H2,1H3,(H,29,33)/t23-,24+/m0/s1. The summed E-state index contributed by atoms with van der Waals surface area (Å²) < 4.78 is 13.8. The topological polar surface area (TPSA) is 74.1 Å². The number of benzene rings is 3. The van der Waals surface area contributed by atoms with Crippen molar-refractivity contribution in [3.8, 4) is 0 Å². The number of hydrogen-bond donors (Lipinski definition) is 1. The van der Waals surface area contributed by atoms with Crippen molar-refractivity contribution >= 4 is 40.1 Å². The number of aliphatic imine (C=N–C) groups is 1. The lowest BCUT2D eigenvalue weighted by Gasteiger charge is -2.23. The minimum Gasteiger partial charge on any atom is -0.326 e. The van der Waals surface area contributed by atoms with Gasteiger partial charge in [0.15, 0.2) is 5.17 Å². The van der Waals surface area contributed by atoms with Gasteiger partial charge in [0.05, 0.1) is 11.8 Å². The van der Waals surface area contributed by atoms with Gasteiger partial charge in [0.25, 0.3) is 5.91 Å². The van der Waals surface area contributed by atoms with Gasteiger partial charge in [0, 0.05) is 18.5 Å². The second-order valence-electron chi connectivity index (χ2n) is 8.44. The fourth-order valence-electron chi connectivity index (χ4n) is 4.08. The van der Waals surface area contributed by atoms with E-state index in [2.05, 4.69) is 10.3 Å². The summed E-state index contributed by atoms with van der Waals surface area (Å²) in [5.74, 6) is -1.14. The maximum atomic E-state index is 13.8. The van der Waals surface area contributed by atoms with Gasteiger partial charge >= 0.3 is 0 Å². The van der Waals surface area contributed by atoms with Gasteiger partial charge in [-0.15, -0.1) is 0 Å². The first-order chi connectivity index (χ1) is 17.0. The van der Waals surface area contributed by atoms with Crippen LogP contribution in [0, 0.1) is 12.7 Å². The SMILES string of the molecule is Cc1ccc(NC(=O)C[C@H]2SC(N3N=C(c4ccccc4)C[C@H]3c3ccccc3)=NC2=O)cc1F. The number of carbonyl (C=O) groups is 2. The maximum Gasteiger partial charge on any atom is 0.262 e. The Hall–Kier alpha value is -3.78. The summed E-state index contributed by atoms with van der Waals surface area (Å²) in [6.45, 7) is 1.65. The summed E-state index contributed by atoms with van der Waals surface area (Å²) in [6.07, 6.45) is 0.608. The van der Waals surface area contributed by atoms with Crippen molar-refractivity contribution in [2.45, 2.75) is 31.1 Å². The molecule has 6 nitrogen and oxygen atoms in total. The van der Waals surface area contributed by atoms with E-state index in [1.54, 1.807) is 24.1 Å². The zero-order valence-corrected chi connectivity index (χ0v) is 19.8. The van der Waals surface area contributed by atoms with Crippen molar-refractivity contribution in [2.24, 2.45) is 10.1 Å². The van der Waals surface area contributed by atoms with Crippen molar-refractivity contribution in [2.75, 3.05) is 5.32 Å². The molecule has 8 heteroatoms. The van der Waals surface area contributed by atoms with Crippen molar-refractivity contribution in [3.63, 3.8) is 0 Å². The first kappa shape index (κ1) is 23.0. The van der Waals surface area contributed by atoms with Crippen LogP contribution in [0.2, 0.25) is 0 Å². The monoisotopic (exact) mass is 486 g/mol. The molecule has 2 aliphatic rings. The largest absolute Gasteiger partial charge is 0.326 e. The third-order valence-electron chi connectivity index (χ3n) is 5.95. The number of rotatable bonds is 5. The summed E-state index contributed by atoms with van der Waals surface area (Å²) in [6, 6.07) is 24.3. The molecule has 1 N–H and O–H groups in total. The Balaban J connectivity index is 1.32. The quantitative estimate of drug-likeness (QED) is 0.530. The number of thioether (sulfide) groups is 1. The van der Waals surface area contributed by atoms with E-state index in [1.165, 1.54) is 17.8 Å². The molecule has 2 aliphatic heterocycles. The maximum absolute atomic E-state index is 13.8. The Morgan fingerprint density at radius 1 is 1.09 bits per heavy atom. The highest BCUT2D eigenvalue weighted by molar-refractivity contribution is 8.15. The lowest BCUT2D eigenvalue weighted by Crippen LogP contribution is -2.25. The molecule has 2 atom stereocenters. The molecule has 2 amide bonds. The second-order valence-corrected chi connectivity index (χ2v) is 9.61. The van der Waals surface area contributed by atoms with Crippen molar-refractivity contribution in [1.29, 1.82) is 0 Å². The summed E-state index contributed by atoms with van der Waals surface area (Å²) in [5, 5.41) is 9.12. The number of anilines is 1. The molecule has 0 unspecified atom stereocenters. The van der Waals surface area contributed by atoms with E-state index in [9.17, 15) is 14.0 Å². The van der Waals surface area contributed by atoms with E-state index in [4.69, 9.17) is 5.10 Å². The highest BCUT2D eigenvalue weighted by Crippen LogP contribution is 2.38. The Kier molecular flexibility index (Phi) is 6.46. The summed E-state index contributed by atoms with van der Waals surface area (Å²) >= 11 is 1.24. The molecular formula is C27H23FN4O2S. The van der Waals surface area contributed by atoms with Crippen LogP contribution in [0.4, 0.5) is 10.1 Å². The van der Waals surface area contributed by atoms with Gasteiger partial charge in [-0.2, -0.15) is 10.1 Å². The number of nitrogens with one attached hydrogen (secondary N) is 1. The molecule has 5 rings (SSSR count). The van der Waals surface area contributed by atoms with Gasteiger partial charge in [-0.05, 0) is 35.7 Å². The predicted octanol–water partition coefficient (Wildman–Crippen LogP) is 5.31. The number of hydrogen-bond acceptors (Lipinski definition) is 5. The number of carbonyl (C=O) groups excluding carboxylic acids is 2. The average Bonchev–Trinajstić information content (AvgIpc) is 3.47. The van der Waals surface area contributed by atoms with Crippen molar-refractivity contribution in [1.82, 2.24) is 5.01 Å². The highest BCUT2D eigenvalue weighted by atomic mass is 32.2. The summed E-state index contributed by atoms with van der Waals surface area (Å²) in [7, 11) is 0. The van der Waals surface area contributed by atoms with Gasteiger partial charge in [0.1, 0.15) is 11.1 Å². The van der Waals surface area contributed by atoms with Crippen LogP contribution in [0.1, 0.15) is 35.6 Å². The number of aryl methyl sites for hydroxylation is 1. The molecule has 0 saturated heterocycles. The molecule has 3 aromatic carbocycles. The van der Waals surface area contributed by atoms with E-state index >= 15 is 0 Å². The smallest absolute Gasteiger partial charge is 0.262 e. The van der Waals surface area contributed by atoms with E-state index in [1.807, 2.05) is 60.7 Å². The highest BCUT2D eigenvalue weighted by Gasteiger charge is 2.39. The Morgan fingerprint density at radius 3 is 2.51 bits per heavy atom. The van der Waals surface area contributed by atoms with Crippen LogP contribution >= 0.6 is 11.8 Å². The van der Waals surface area contributed by atoms with Gasteiger partial charge in [0.2, 0.25) is 5.91 Å². The van der Waals surface area contributed by atoms with Crippen LogP contribution < -0.4 is 5.32 Å². The molecular weight excluding hydrogens is 463 g/mol. The van der Waals surface area contributed by atoms with E-state index in [0.717, 1.165) is 16.8 Å². The predicted molar refractivity (Wildman–Crippen MR) is 137 cm³/mol. The molecule has 3 aromatic rings. The van der Waals surface area contributed by atoms with Crippen LogP contribution in [0.3, 0.4) is 0 Å². The summed E-state index contributed by atoms with van der Waals surface area (Å²) in [4.78, 5) is 29.5. The van der Waals surface area contributed by atoms with Gasteiger partial charge in [-0.1, -0.05) is 78.5 Å². The Morgan fingerprint density at radius 2 is 1.80 bits per heavy atom. The van der Waals surface area contributed by atoms with Crippen molar-refractivity contribution < 1.29 is 14.0 Å². The third-order valence-corrected chi connectivity index (χ3v) is 7.10. The van der Waals surface area contributed by atoms with Crippen LogP contribution in [0.25, 0.3) is 0 Å². The van der Waals surface area contributed by atoms with E-state index in [0.29, 0.717) is 22.8 Å². The minimum absolute atomic E-state index is 0.0644. The van der Waals surface area contributed by atoms with Gasteiger partial charge in [-0.25, -0.2) is 9.40 Å². The first-order valence-electron chi connectivity index (χ1n) is 11.3. The minimum atomic E-state index is -0.660. The molecule has 0 spiro atoms. The molecule has 0 saturated carbocycles. The lowest BCUT2D eigenvalue weighted by molar-refractivity contribution is -0.121. The molecule has 176 valence electrons. The zero-order valence-electron chi connectivity index (χ0n) is 19.0. The normalized spacial score (nSPS) is 19.5. The molecule has 0 radical (unpaired) electrons. The molecule has 0 aromatic heterocycles. The number of hydrazone groups is 1. The fraction of sp³-hybridized carbons (Fsp3) is 0.185.